The van der Waals surface area contributed by atoms with Gasteiger partial charge >= 0.3 is 18.2 Å². The van der Waals surface area contributed by atoms with E-state index in [0.29, 0.717) is 0 Å². The highest BCUT2D eigenvalue weighted by atomic mass is 19.4. The molecule has 1 heterocycles. The van der Waals surface area contributed by atoms with Crippen LogP contribution in [0.1, 0.15) is 0 Å². The van der Waals surface area contributed by atoms with Crippen LogP contribution in [0.4, 0.5) is 18.0 Å². The maximum absolute atomic E-state index is 11.9. The Balaban J connectivity index is 2.42. The number of carboxylic acid groups (broad SMARTS) is 1. The molecule has 2 amide bonds. The largest absolute Gasteiger partial charge is 0.471 e. The minimum Gasteiger partial charge on any atom is -0.465 e. The number of carbonyl (C=O) groups is 2. The summed E-state index contributed by atoms with van der Waals surface area (Å²) < 4.78 is 40.5. The zero-order valence-electron chi connectivity index (χ0n) is 8.63. The highest BCUT2D eigenvalue weighted by Gasteiger charge is 2.43. The van der Waals surface area contributed by atoms with Crippen molar-refractivity contribution in [3.05, 3.63) is 0 Å². The summed E-state index contributed by atoms with van der Waals surface area (Å²) in [5, 5.41) is 12.2. The Hall–Kier alpha value is -1.51. The SMILES string of the molecule is O=C(O)NCC1(CNC(=O)C(F)(F)F)COC1. The fraction of sp³-hybridized carbons (Fsp3) is 0.750. The molecule has 6 nitrogen and oxygen atoms in total. The highest BCUT2D eigenvalue weighted by molar-refractivity contribution is 5.81. The van der Waals surface area contributed by atoms with E-state index in [9.17, 15) is 22.8 Å². The van der Waals surface area contributed by atoms with Gasteiger partial charge in [-0.25, -0.2) is 4.79 Å². The Morgan fingerprint density at radius 2 is 1.76 bits per heavy atom. The second-order valence-electron chi connectivity index (χ2n) is 3.83. The van der Waals surface area contributed by atoms with Crippen molar-refractivity contribution < 1.29 is 32.6 Å². The van der Waals surface area contributed by atoms with Gasteiger partial charge in [-0.1, -0.05) is 0 Å². The van der Waals surface area contributed by atoms with Gasteiger partial charge in [-0.05, 0) is 0 Å². The predicted molar refractivity (Wildman–Crippen MR) is 48.3 cm³/mol. The van der Waals surface area contributed by atoms with Crippen LogP contribution in [0.15, 0.2) is 0 Å². The summed E-state index contributed by atoms with van der Waals surface area (Å²) in [5.74, 6) is -2.04. The summed E-state index contributed by atoms with van der Waals surface area (Å²) in [6, 6.07) is 0. The molecule has 0 aromatic heterocycles. The number of ether oxygens (including phenoxy) is 1. The van der Waals surface area contributed by atoms with Gasteiger partial charge in [0.25, 0.3) is 0 Å². The summed E-state index contributed by atoms with van der Waals surface area (Å²) in [7, 11) is 0. The molecule has 0 atom stereocenters. The van der Waals surface area contributed by atoms with E-state index in [2.05, 4.69) is 5.32 Å². The molecule has 0 aromatic carbocycles. The first kappa shape index (κ1) is 13.6. The lowest BCUT2D eigenvalue weighted by molar-refractivity contribution is -0.176. The van der Waals surface area contributed by atoms with Gasteiger partial charge < -0.3 is 20.5 Å². The number of nitrogens with one attached hydrogen (secondary N) is 2. The molecule has 1 aliphatic rings. The van der Waals surface area contributed by atoms with Crippen molar-refractivity contribution in [1.29, 1.82) is 0 Å². The molecule has 1 saturated heterocycles. The van der Waals surface area contributed by atoms with Gasteiger partial charge in [0.15, 0.2) is 0 Å². The van der Waals surface area contributed by atoms with Crippen LogP contribution < -0.4 is 10.6 Å². The highest BCUT2D eigenvalue weighted by Crippen LogP contribution is 2.26. The summed E-state index contributed by atoms with van der Waals surface area (Å²) >= 11 is 0. The van der Waals surface area contributed by atoms with Crippen LogP contribution in [0.5, 0.6) is 0 Å². The normalized spacial score (nSPS) is 18.1. The van der Waals surface area contributed by atoms with Gasteiger partial charge in [0, 0.05) is 13.1 Å². The maximum Gasteiger partial charge on any atom is 0.471 e. The van der Waals surface area contributed by atoms with Crippen molar-refractivity contribution in [3.63, 3.8) is 0 Å². The molecular formula is C8H11F3N2O4. The Morgan fingerprint density at radius 3 is 2.12 bits per heavy atom. The van der Waals surface area contributed by atoms with E-state index in [1.165, 1.54) is 0 Å². The molecule has 1 fully saturated rings. The molecule has 17 heavy (non-hydrogen) atoms. The van der Waals surface area contributed by atoms with Crippen molar-refractivity contribution in [1.82, 2.24) is 10.6 Å². The molecule has 9 heteroatoms. The Morgan fingerprint density at radius 1 is 1.24 bits per heavy atom. The molecule has 0 bridgehead atoms. The van der Waals surface area contributed by atoms with E-state index >= 15 is 0 Å². The van der Waals surface area contributed by atoms with E-state index in [1.807, 2.05) is 0 Å². The van der Waals surface area contributed by atoms with Gasteiger partial charge in [0.05, 0.1) is 18.6 Å². The molecular weight excluding hydrogens is 245 g/mol. The van der Waals surface area contributed by atoms with E-state index in [1.54, 1.807) is 5.32 Å². The first-order chi connectivity index (χ1) is 7.75. The molecule has 0 radical (unpaired) electrons. The molecule has 1 rings (SSSR count). The predicted octanol–water partition coefficient (Wildman–Crippen LogP) is -0.0509. The Kier molecular flexibility index (Phi) is 3.81. The zero-order chi connectivity index (χ0) is 13.1. The van der Waals surface area contributed by atoms with E-state index in [-0.39, 0.29) is 26.3 Å². The van der Waals surface area contributed by atoms with Crippen molar-refractivity contribution in [2.24, 2.45) is 5.41 Å². The Labute approximate surface area is 94.1 Å². The lowest BCUT2D eigenvalue weighted by Gasteiger charge is -2.41. The molecule has 3 N–H and O–H groups in total. The topological polar surface area (TPSA) is 87.7 Å². The number of amides is 2. The summed E-state index contributed by atoms with van der Waals surface area (Å²) in [5.41, 5.74) is -0.792. The van der Waals surface area contributed by atoms with Crippen molar-refractivity contribution in [2.75, 3.05) is 26.3 Å². The number of rotatable bonds is 4. The fourth-order valence-electron chi connectivity index (χ4n) is 1.29. The molecule has 0 saturated carbocycles. The fourth-order valence-corrected chi connectivity index (χ4v) is 1.29. The molecule has 1 aliphatic heterocycles. The molecule has 0 aromatic rings. The number of halogens is 3. The average Bonchev–Trinajstić information content (AvgIpc) is 2.13. The van der Waals surface area contributed by atoms with Crippen LogP contribution in [-0.4, -0.2) is 49.6 Å². The second-order valence-corrected chi connectivity index (χ2v) is 3.83. The lowest BCUT2D eigenvalue weighted by Crippen LogP contribution is -2.57. The van der Waals surface area contributed by atoms with Crippen LogP contribution in [0.25, 0.3) is 0 Å². The quantitative estimate of drug-likeness (QED) is 0.658. The van der Waals surface area contributed by atoms with Crippen LogP contribution in [-0.2, 0) is 9.53 Å². The van der Waals surface area contributed by atoms with Crippen molar-refractivity contribution >= 4 is 12.0 Å². The van der Waals surface area contributed by atoms with Gasteiger partial charge in [-0.15, -0.1) is 0 Å². The first-order valence-electron chi connectivity index (χ1n) is 4.65. The molecule has 0 unspecified atom stereocenters. The van der Waals surface area contributed by atoms with Crippen LogP contribution in [0.2, 0.25) is 0 Å². The number of alkyl halides is 3. The van der Waals surface area contributed by atoms with Crippen molar-refractivity contribution in [2.45, 2.75) is 6.18 Å². The summed E-state index contributed by atoms with van der Waals surface area (Å²) in [6.45, 7) is -0.150. The van der Waals surface area contributed by atoms with Gasteiger partial charge in [-0.3, -0.25) is 4.79 Å². The number of carbonyl (C=O) groups excluding carboxylic acids is 1. The summed E-state index contributed by atoms with van der Waals surface area (Å²) in [4.78, 5) is 20.8. The van der Waals surface area contributed by atoms with Gasteiger partial charge in [0.2, 0.25) is 0 Å². The summed E-state index contributed by atoms with van der Waals surface area (Å²) in [6.07, 6.45) is -6.22. The molecule has 0 spiro atoms. The Bertz CT molecular complexity index is 314. The van der Waals surface area contributed by atoms with Crippen LogP contribution in [0, 0.1) is 5.41 Å². The van der Waals surface area contributed by atoms with Gasteiger partial charge in [-0.2, -0.15) is 13.2 Å². The maximum atomic E-state index is 11.9. The third-order valence-corrected chi connectivity index (χ3v) is 2.31. The minimum atomic E-state index is -4.94. The van der Waals surface area contributed by atoms with E-state index < -0.39 is 23.6 Å². The third-order valence-electron chi connectivity index (χ3n) is 2.31. The van der Waals surface area contributed by atoms with Crippen LogP contribution in [0.3, 0.4) is 0 Å². The van der Waals surface area contributed by atoms with Crippen molar-refractivity contribution in [3.8, 4) is 0 Å². The zero-order valence-corrected chi connectivity index (χ0v) is 8.63. The molecule has 98 valence electrons. The standard InChI is InChI=1S/C8H11F3N2O4/c9-8(10,11)5(14)12-1-7(3-17-4-7)2-13-6(15)16/h13H,1-4H2,(H,12,14)(H,15,16). The molecule has 0 aliphatic carbocycles. The number of hydrogen-bond acceptors (Lipinski definition) is 3. The van der Waals surface area contributed by atoms with Gasteiger partial charge in [0.1, 0.15) is 0 Å². The smallest absolute Gasteiger partial charge is 0.465 e. The second kappa shape index (κ2) is 4.78. The third kappa shape index (κ3) is 3.77. The lowest BCUT2D eigenvalue weighted by atomic mass is 9.86. The minimum absolute atomic E-state index is 0.0690. The van der Waals surface area contributed by atoms with E-state index in [4.69, 9.17) is 9.84 Å². The first-order valence-corrected chi connectivity index (χ1v) is 4.65. The van der Waals surface area contributed by atoms with Crippen LogP contribution >= 0.6 is 0 Å². The monoisotopic (exact) mass is 256 g/mol. The average molecular weight is 256 g/mol. The number of hydrogen-bond donors (Lipinski definition) is 3. The van der Waals surface area contributed by atoms with E-state index in [0.717, 1.165) is 0 Å².